The Kier molecular flexibility index (Phi) is 7.17. The maximum Gasteiger partial charge on any atom is 0.251 e. The third-order valence-electron chi connectivity index (χ3n) is 5.76. The van der Waals surface area contributed by atoms with E-state index in [2.05, 4.69) is 25.7 Å². The van der Waals surface area contributed by atoms with Gasteiger partial charge in [-0.3, -0.25) is 4.79 Å². The number of phenolic OH excluding ortho intramolecular Hbond substituents is 1. The predicted octanol–water partition coefficient (Wildman–Crippen LogP) is 2.12. The van der Waals surface area contributed by atoms with Gasteiger partial charge in [-0.25, -0.2) is 19.5 Å². The second kappa shape index (κ2) is 10.5. The first-order chi connectivity index (χ1) is 17.7. The molecule has 0 aliphatic heterocycles. The van der Waals surface area contributed by atoms with Gasteiger partial charge in [0.25, 0.3) is 5.91 Å². The van der Waals surface area contributed by atoms with Crippen LogP contribution >= 0.6 is 0 Å². The van der Waals surface area contributed by atoms with E-state index < -0.39 is 6.04 Å². The molecule has 1 unspecified atom stereocenters. The van der Waals surface area contributed by atoms with Gasteiger partial charge in [0.2, 0.25) is 0 Å². The lowest BCUT2D eigenvalue weighted by Crippen LogP contribution is -2.31. The highest BCUT2D eigenvalue weighted by atomic mass is 16.3. The van der Waals surface area contributed by atoms with Gasteiger partial charge in [0, 0.05) is 30.4 Å². The van der Waals surface area contributed by atoms with Crippen LogP contribution in [0.5, 0.6) is 5.75 Å². The van der Waals surface area contributed by atoms with Crippen LogP contribution in [-0.4, -0.2) is 67.7 Å². The number of phenols is 1. The Morgan fingerprint density at radius 1 is 1.30 bits per heavy atom. The molecule has 1 aromatic carbocycles. The van der Waals surface area contributed by atoms with Gasteiger partial charge < -0.3 is 26.4 Å². The first-order valence-electron chi connectivity index (χ1n) is 11.6. The second-order valence-electron chi connectivity index (χ2n) is 8.90. The molecule has 0 bridgehead atoms. The number of aryl methyl sites for hydroxylation is 1. The fourth-order valence-corrected chi connectivity index (χ4v) is 3.84. The van der Waals surface area contributed by atoms with Crippen molar-refractivity contribution < 1.29 is 9.90 Å². The molecule has 1 atom stereocenters. The minimum absolute atomic E-state index is 0.0564. The number of carbonyl (C=O) groups is 1. The van der Waals surface area contributed by atoms with Gasteiger partial charge in [-0.05, 0) is 57.8 Å². The number of amides is 1. The summed E-state index contributed by atoms with van der Waals surface area (Å²) in [6.45, 7) is 4.92. The maximum absolute atomic E-state index is 12.8. The van der Waals surface area contributed by atoms with Crippen molar-refractivity contribution in [1.29, 1.82) is 5.26 Å². The SMILES string of the molecule is Cc1ccn2nc(C(C)Nc3ncnc(N)c3C#N)nc(-c3cc(O)cc(C(=O)NCCN(C)C)c3)c12. The molecule has 0 aliphatic carbocycles. The quantitative estimate of drug-likeness (QED) is 0.281. The zero-order valence-electron chi connectivity index (χ0n) is 21.0. The molecule has 1 amide bonds. The maximum atomic E-state index is 12.8. The molecule has 12 heteroatoms. The van der Waals surface area contributed by atoms with Crippen LogP contribution in [0, 0.1) is 18.3 Å². The van der Waals surface area contributed by atoms with Crippen molar-refractivity contribution >= 4 is 23.1 Å². The van der Waals surface area contributed by atoms with Crippen LogP contribution in [0.15, 0.2) is 36.8 Å². The van der Waals surface area contributed by atoms with E-state index in [4.69, 9.17) is 10.7 Å². The Hall–Kier alpha value is -4.76. The number of benzene rings is 1. The number of nitrogens with zero attached hydrogens (tertiary/aromatic N) is 7. The van der Waals surface area contributed by atoms with Crippen molar-refractivity contribution in [2.75, 3.05) is 38.2 Å². The number of rotatable bonds is 8. The standard InChI is InChI=1S/C25H28N10O2/c1-14-5-7-35-21(14)20(16-9-17(11-18(36)10-16)25(37)28-6-8-34(3)4)32-23(33-35)15(2)31-24-19(12-26)22(27)29-13-30-24/h5,7,9-11,13,15,36H,6,8H2,1-4H3,(H,28,37)(H3,27,29,30,31). The molecule has 0 saturated carbocycles. The van der Waals surface area contributed by atoms with Crippen LogP contribution < -0.4 is 16.4 Å². The topological polar surface area (TPSA) is 170 Å². The van der Waals surface area contributed by atoms with Crippen molar-refractivity contribution in [3.05, 3.63) is 59.3 Å². The largest absolute Gasteiger partial charge is 0.508 e. The van der Waals surface area contributed by atoms with Crippen LogP contribution in [0.3, 0.4) is 0 Å². The van der Waals surface area contributed by atoms with E-state index in [0.717, 1.165) is 11.1 Å². The van der Waals surface area contributed by atoms with Crippen LogP contribution in [0.1, 0.15) is 40.3 Å². The van der Waals surface area contributed by atoms with Crippen molar-refractivity contribution in [3.63, 3.8) is 0 Å². The number of fused-ring (bicyclic) bond motifs is 1. The lowest BCUT2D eigenvalue weighted by Gasteiger charge is -2.17. The van der Waals surface area contributed by atoms with E-state index in [1.54, 1.807) is 16.6 Å². The van der Waals surface area contributed by atoms with E-state index >= 15 is 0 Å². The molecule has 3 aromatic heterocycles. The molecule has 0 fully saturated rings. The zero-order valence-corrected chi connectivity index (χ0v) is 21.0. The predicted molar refractivity (Wildman–Crippen MR) is 139 cm³/mol. The van der Waals surface area contributed by atoms with Gasteiger partial charge in [0.1, 0.15) is 35.3 Å². The van der Waals surface area contributed by atoms with E-state index in [1.165, 1.54) is 12.4 Å². The summed E-state index contributed by atoms with van der Waals surface area (Å²) in [5.41, 5.74) is 9.03. The molecule has 37 heavy (non-hydrogen) atoms. The monoisotopic (exact) mass is 500 g/mol. The summed E-state index contributed by atoms with van der Waals surface area (Å²) in [4.78, 5) is 27.5. The van der Waals surface area contributed by atoms with Gasteiger partial charge in [-0.2, -0.15) is 10.4 Å². The van der Waals surface area contributed by atoms with Crippen molar-refractivity contribution in [2.45, 2.75) is 19.9 Å². The third kappa shape index (κ3) is 5.41. The number of carbonyl (C=O) groups excluding carboxylic acids is 1. The Labute approximate surface area is 213 Å². The average Bonchev–Trinajstić information content (AvgIpc) is 3.23. The summed E-state index contributed by atoms with van der Waals surface area (Å²) in [6.07, 6.45) is 3.08. The summed E-state index contributed by atoms with van der Waals surface area (Å²) >= 11 is 0. The summed E-state index contributed by atoms with van der Waals surface area (Å²) in [6, 6.07) is 8.12. The van der Waals surface area contributed by atoms with E-state index in [1.807, 2.05) is 51.2 Å². The molecule has 4 rings (SSSR count). The van der Waals surface area contributed by atoms with Crippen LogP contribution in [0.25, 0.3) is 16.8 Å². The second-order valence-corrected chi connectivity index (χ2v) is 8.90. The minimum atomic E-state index is -0.474. The first kappa shape index (κ1) is 25.3. The summed E-state index contributed by atoms with van der Waals surface area (Å²) < 4.78 is 1.70. The normalized spacial score (nSPS) is 11.9. The number of hydrogen-bond donors (Lipinski definition) is 4. The Balaban J connectivity index is 1.74. The smallest absolute Gasteiger partial charge is 0.251 e. The van der Waals surface area contributed by atoms with E-state index in [9.17, 15) is 15.2 Å². The molecule has 0 radical (unpaired) electrons. The fourth-order valence-electron chi connectivity index (χ4n) is 3.84. The number of likely N-dealkylation sites (N-methyl/N-ethyl adjacent to an activating group) is 1. The van der Waals surface area contributed by atoms with Crippen LogP contribution in [0.4, 0.5) is 11.6 Å². The number of anilines is 2. The number of nitrogens with one attached hydrogen (secondary N) is 2. The molecule has 3 heterocycles. The Morgan fingerprint density at radius 3 is 2.81 bits per heavy atom. The molecule has 0 aliphatic rings. The van der Waals surface area contributed by atoms with Gasteiger partial charge >= 0.3 is 0 Å². The molecule has 12 nitrogen and oxygen atoms in total. The van der Waals surface area contributed by atoms with Gasteiger partial charge in [0.05, 0.1) is 17.3 Å². The number of aromatic nitrogens is 5. The summed E-state index contributed by atoms with van der Waals surface area (Å²) in [7, 11) is 3.85. The van der Waals surface area contributed by atoms with Crippen molar-refractivity contribution in [1.82, 2.24) is 34.8 Å². The third-order valence-corrected chi connectivity index (χ3v) is 5.76. The van der Waals surface area contributed by atoms with Crippen LogP contribution in [-0.2, 0) is 0 Å². The highest BCUT2D eigenvalue weighted by Gasteiger charge is 2.20. The fraction of sp³-hybridized carbons (Fsp3) is 0.280. The highest BCUT2D eigenvalue weighted by molar-refractivity contribution is 5.96. The lowest BCUT2D eigenvalue weighted by atomic mass is 10.0. The summed E-state index contributed by atoms with van der Waals surface area (Å²) in [5, 5.41) is 30.5. The first-order valence-corrected chi connectivity index (χ1v) is 11.6. The minimum Gasteiger partial charge on any atom is -0.508 e. The van der Waals surface area contributed by atoms with E-state index in [0.29, 0.717) is 35.7 Å². The Morgan fingerprint density at radius 2 is 2.08 bits per heavy atom. The molecule has 4 aromatic rings. The van der Waals surface area contributed by atoms with E-state index in [-0.39, 0.29) is 28.9 Å². The van der Waals surface area contributed by atoms with Gasteiger partial charge in [-0.1, -0.05) is 0 Å². The Bertz CT molecular complexity index is 1510. The number of nitrogens with two attached hydrogens (primary N) is 1. The highest BCUT2D eigenvalue weighted by Crippen LogP contribution is 2.31. The average molecular weight is 501 g/mol. The van der Waals surface area contributed by atoms with Gasteiger partial charge in [0.15, 0.2) is 5.82 Å². The number of aromatic hydroxyl groups is 1. The van der Waals surface area contributed by atoms with Gasteiger partial charge in [-0.15, -0.1) is 0 Å². The number of nitrogen functional groups attached to an aromatic ring is 1. The molecule has 0 saturated heterocycles. The van der Waals surface area contributed by atoms with Crippen molar-refractivity contribution in [3.8, 4) is 23.1 Å². The van der Waals surface area contributed by atoms with Crippen molar-refractivity contribution in [2.24, 2.45) is 0 Å². The lowest BCUT2D eigenvalue weighted by molar-refractivity contribution is 0.0950. The molecule has 190 valence electrons. The zero-order chi connectivity index (χ0) is 26.7. The number of hydrogen-bond acceptors (Lipinski definition) is 10. The molecule has 5 N–H and O–H groups in total. The molecule has 0 spiro atoms. The summed E-state index contributed by atoms with van der Waals surface area (Å²) in [5.74, 6) is 0.391. The molecular weight excluding hydrogens is 472 g/mol. The van der Waals surface area contributed by atoms with Crippen LogP contribution in [0.2, 0.25) is 0 Å². The molecular formula is C25H28N10O2. The number of nitriles is 1.